The summed E-state index contributed by atoms with van der Waals surface area (Å²) in [5.74, 6) is -0.446. The van der Waals surface area contributed by atoms with Crippen LogP contribution >= 0.6 is 0 Å². The normalized spacial score (nSPS) is 11.3. The van der Waals surface area contributed by atoms with Crippen LogP contribution in [0.4, 0.5) is 0 Å². The van der Waals surface area contributed by atoms with E-state index in [1.165, 1.54) is 0 Å². The molecule has 0 fully saturated rings. The molecule has 0 aliphatic rings. The lowest BCUT2D eigenvalue weighted by Crippen LogP contribution is -2.32. The summed E-state index contributed by atoms with van der Waals surface area (Å²) in [6.07, 6.45) is 0.248. The molecule has 3 N–H and O–H groups in total. The number of hydrogen-bond donors (Lipinski definition) is 2. The molecular formula is C12H18N2O3S. The Morgan fingerprint density at radius 3 is 2.61 bits per heavy atom. The molecule has 0 bridgehead atoms. The Morgan fingerprint density at radius 1 is 1.33 bits per heavy atom. The number of nitrogens with one attached hydrogen (secondary N) is 1. The number of amides is 1. The maximum absolute atomic E-state index is 11.6. The van der Waals surface area contributed by atoms with E-state index in [1.54, 1.807) is 0 Å². The van der Waals surface area contributed by atoms with Crippen molar-refractivity contribution in [3.8, 4) is 0 Å². The second kappa shape index (κ2) is 5.97. The van der Waals surface area contributed by atoms with Crippen molar-refractivity contribution in [3.05, 3.63) is 34.9 Å². The van der Waals surface area contributed by atoms with Gasteiger partial charge in [0.2, 0.25) is 15.9 Å². The lowest BCUT2D eigenvalue weighted by molar-refractivity contribution is -0.120. The maximum atomic E-state index is 11.6. The van der Waals surface area contributed by atoms with E-state index in [0.29, 0.717) is 0 Å². The lowest BCUT2D eigenvalue weighted by Gasteiger charge is -2.08. The van der Waals surface area contributed by atoms with Gasteiger partial charge in [0, 0.05) is 6.54 Å². The summed E-state index contributed by atoms with van der Waals surface area (Å²) in [6, 6.07) is 5.90. The van der Waals surface area contributed by atoms with E-state index < -0.39 is 10.0 Å². The molecular weight excluding hydrogens is 252 g/mol. The molecule has 0 saturated carbocycles. The molecule has 18 heavy (non-hydrogen) atoms. The maximum Gasteiger partial charge on any atom is 0.224 e. The van der Waals surface area contributed by atoms with Crippen LogP contribution in [-0.4, -0.2) is 26.6 Å². The molecule has 0 aliphatic heterocycles. The van der Waals surface area contributed by atoms with Gasteiger partial charge in [0.1, 0.15) is 0 Å². The zero-order chi connectivity index (χ0) is 13.8. The van der Waals surface area contributed by atoms with Gasteiger partial charge in [0.25, 0.3) is 0 Å². The molecule has 1 rings (SSSR count). The first-order chi connectivity index (χ1) is 8.28. The van der Waals surface area contributed by atoms with Gasteiger partial charge in [-0.1, -0.05) is 23.8 Å². The Kier molecular flexibility index (Phi) is 4.86. The first-order valence-electron chi connectivity index (χ1n) is 5.61. The highest BCUT2D eigenvalue weighted by Gasteiger charge is 2.08. The SMILES string of the molecule is Cc1ccc(C)c(CC(=O)NCCS(N)(=O)=O)c1. The average Bonchev–Trinajstić information content (AvgIpc) is 2.21. The molecule has 0 aromatic heterocycles. The topological polar surface area (TPSA) is 89.3 Å². The molecule has 0 heterocycles. The summed E-state index contributed by atoms with van der Waals surface area (Å²) < 4.78 is 21.4. The molecule has 0 atom stereocenters. The largest absolute Gasteiger partial charge is 0.355 e. The Labute approximate surface area is 107 Å². The third kappa shape index (κ3) is 5.29. The van der Waals surface area contributed by atoms with Gasteiger partial charge in [-0.3, -0.25) is 4.79 Å². The molecule has 5 nitrogen and oxygen atoms in total. The van der Waals surface area contributed by atoms with Crippen molar-refractivity contribution in [2.24, 2.45) is 5.14 Å². The first-order valence-corrected chi connectivity index (χ1v) is 7.33. The van der Waals surface area contributed by atoms with Crippen LogP contribution in [-0.2, 0) is 21.2 Å². The standard InChI is InChI=1S/C12H18N2O3S/c1-9-3-4-10(2)11(7-9)8-12(15)14-5-6-18(13,16)17/h3-4,7H,5-6,8H2,1-2H3,(H,14,15)(H2,13,16,17). The van der Waals surface area contributed by atoms with Crippen LogP contribution < -0.4 is 10.5 Å². The van der Waals surface area contributed by atoms with Gasteiger partial charge in [-0.05, 0) is 25.0 Å². The Hall–Kier alpha value is -1.40. The van der Waals surface area contributed by atoms with E-state index in [0.717, 1.165) is 16.7 Å². The number of sulfonamides is 1. The van der Waals surface area contributed by atoms with Gasteiger partial charge in [0.15, 0.2) is 0 Å². The van der Waals surface area contributed by atoms with Crippen molar-refractivity contribution >= 4 is 15.9 Å². The number of carbonyl (C=O) groups excluding carboxylic acids is 1. The predicted molar refractivity (Wildman–Crippen MR) is 70.6 cm³/mol. The Bertz CT molecular complexity index is 538. The molecule has 1 amide bonds. The van der Waals surface area contributed by atoms with E-state index in [4.69, 9.17) is 5.14 Å². The smallest absolute Gasteiger partial charge is 0.224 e. The highest BCUT2D eigenvalue weighted by molar-refractivity contribution is 7.89. The highest BCUT2D eigenvalue weighted by Crippen LogP contribution is 2.11. The first kappa shape index (κ1) is 14.7. The van der Waals surface area contributed by atoms with Crippen molar-refractivity contribution in [2.75, 3.05) is 12.3 Å². The Balaban J connectivity index is 2.52. The van der Waals surface area contributed by atoms with Crippen LogP contribution in [0, 0.1) is 13.8 Å². The highest BCUT2D eigenvalue weighted by atomic mass is 32.2. The number of primary sulfonamides is 1. The van der Waals surface area contributed by atoms with Crippen molar-refractivity contribution in [2.45, 2.75) is 20.3 Å². The zero-order valence-electron chi connectivity index (χ0n) is 10.6. The second-order valence-electron chi connectivity index (χ2n) is 4.32. The van der Waals surface area contributed by atoms with Crippen LogP contribution in [0.25, 0.3) is 0 Å². The minimum Gasteiger partial charge on any atom is -0.355 e. The average molecular weight is 270 g/mol. The van der Waals surface area contributed by atoms with Gasteiger partial charge in [-0.25, -0.2) is 13.6 Å². The second-order valence-corrected chi connectivity index (χ2v) is 6.06. The van der Waals surface area contributed by atoms with E-state index in [-0.39, 0.29) is 24.6 Å². The molecule has 100 valence electrons. The van der Waals surface area contributed by atoms with Crippen molar-refractivity contribution in [1.82, 2.24) is 5.32 Å². The van der Waals surface area contributed by atoms with E-state index >= 15 is 0 Å². The number of rotatable bonds is 5. The number of nitrogens with two attached hydrogens (primary N) is 1. The third-order valence-electron chi connectivity index (χ3n) is 2.56. The summed E-state index contributed by atoms with van der Waals surface area (Å²) in [5.41, 5.74) is 3.08. The molecule has 0 radical (unpaired) electrons. The summed E-state index contributed by atoms with van der Waals surface area (Å²) in [7, 11) is -3.52. The molecule has 1 aromatic rings. The summed E-state index contributed by atoms with van der Waals surface area (Å²) in [4.78, 5) is 11.6. The quantitative estimate of drug-likeness (QED) is 0.803. The fourth-order valence-corrected chi connectivity index (χ4v) is 1.95. The number of benzene rings is 1. The minimum atomic E-state index is -3.52. The monoisotopic (exact) mass is 270 g/mol. The molecule has 0 saturated heterocycles. The van der Waals surface area contributed by atoms with E-state index in [1.807, 2.05) is 32.0 Å². The molecule has 0 unspecified atom stereocenters. The summed E-state index contributed by atoms with van der Waals surface area (Å²) in [6.45, 7) is 3.94. The molecule has 0 spiro atoms. The molecule has 0 aliphatic carbocycles. The van der Waals surface area contributed by atoms with Crippen molar-refractivity contribution in [1.29, 1.82) is 0 Å². The zero-order valence-corrected chi connectivity index (χ0v) is 11.4. The molecule has 6 heteroatoms. The van der Waals surface area contributed by atoms with Gasteiger partial charge in [-0.15, -0.1) is 0 Å². The Morgan fingerprint density at radius 2 is 2.00 bits per heavy atom. The van der Waals surface area contributed by atoms with Crippen LogP contribution in [0.1, 0.15) is 16.7 Å². The fourth-order valence-electron chi connectivity index (χ4n) is 1.56. The van der Waals surface area contributed by atoms with E-state index in [9.17, 15) is 13.2 Å². The minimum absolute atomic E-state index is 0.0442. The van der Waals surface area contributed by atoms with Gasteiger partial charge in [-0.2, -0.15) is 0 Å². The summed E-state index contributed by atoms with van der Waals surface area (Å²) >= 11 is 0. The summed E-state index contributed by atoms with van der Waals surface area (Å²) in [5, 5.41) is 7.38. The van der Waals surface area contributed by atoms with Gasteiger partial charge < -0.3 is 5.32 Å². The van der Waals surface area contributed by atoms with Crippen molar-refractivity contribution in [3.63, 3.8) is 0 Å². The number of aryl methyl sites for hydroxylation is 2. The van der Waals surface area contributed by atoms with Gasteiger partial charge >= 0.3 is 0 Å². The number of hydrogen-bond acceptors (Lipinski definition) is 3. The lowest BCUT2D eigenvalue weighted by atomic mass is 10.0. The van der Waals surface area contributed by atoms with Crippen LogP contribution in [0.3, 0.4) is 0 Å². The van der Waals surface area contributed by atoms with Crippen LogP contribution in [0.5, 0.6) is 0 Å². The predicted octanol–water partition coefficient (Wildman–Crippen LogP) is 0.251. The van der Waals surface area contributed by atoms with Crippen molar-refractivity contribution < 1.29 is 13.2 Å². The fraction of sp³-hybridized carbons (Fsp3) is 0.417. The molecule has 1 aromatic carbocycles. The van der Waals surface area contributed by atoms with Crippen LogP contribution in [0.2, 0.25) is 0 Å². The number of carbonyl (C=O) groups is 1. The van der Waals surface area contributed by atoms with Gasteiger partial charge in [0.05, 0.1) is 12.2 Å². The van der Waals surface area contributed by atoms with Crippen LogP contribution in [0.15, 0.2) is 18.2 Å². The third-order valence-corrected chi connectivity index (χ3v) is 3.34. The van der Waals surface area contributed by atoms with E-state index in [2.05, 4.69) is 5.32 Å².